The van der Waals surface area contributed by atoms with Crippen molar-refractivity contribution >= 4 is 0 Å². The quantitative estimate of drug-likeness (QED) is 0.927. The van der Waals surface area contributed by atoms with Crippen molar-refractivity contribution in [1.82, 2.24) is 5.32 Å². The van der Waals surface area contributed by atoms with Crippen molar-refractivity contribution in [2.45, 2.75) is 37.7 Å². The normalized spacial score (nSPS) is 25.5. The minimum Gasteiger partial charge on any atom is -0.381 e. The lowest BCUT2D eigenvalue weighted by atomic mass is 10.1. The predicted molar refractivity (Wildman–Crippen MR) is 76.4 cm³/mol. The van der Waals surface area contributed by atoms with Gasteiger partial charge in [0.05, 0.1) is 25.9 Å². The number of hydrogen-bond acceptors (Lipinski definition) is 4. The molecule has 0 radical (unpaired) electrons. The van der Waals surface area contributed by atoms with Crippen LogP contribution in [-0.2, 0) is 14.2 Å². The molecule has 2 heterocycles. The Morgan fingerprint density at radius 1 is 1.32 bits per heavy atom. The lowest BCUT2D eigenvalue weighted by Crippen LogP contribution is -2.39. The summed E-state index contributed by atoms with van der Waals surface area (Å²) in [4.78, 5) is 0. The molecular weight excluding hydrogens is 292 g/mol. The topological polar surface area (TPSA) is 39.7 Å². The molecule has 2 fully saturated rings. The van der Waals surface area contributed by atoms with Gasteiger partial charge in [0.2, 0.25) is 0 Å². The maximum Gasteiger partial charge on any atom is 0.173 e. The molecule has 0 unspecified atom stereocenters. The first-order valence-electron chi connectivity index (χ1n) is 7.66. The highest BCUT2D eigenvalue weighted by atomic mass is 19.1. The van der Waals surface area contributed by atoms with Crippen molar-refractivity contribution < 1.29 is 23.0 Å². The van der Waals surface area contributed by atoms with Crippen LogP contribution in [0.4, 0.5) is 8.78 Å². The van der Waals surface area contributed by atoms with Crippen molar-refractivity contribution in [3.63, 3.8) is 0 Å². The highest BCUT2D eigenvalue weighted by molar-refractivity contribution is 5.21. The first-order valence-corrected chi connectivity index (χ1v) is 7.66. The van der Waals surface area contributed by atoms with Crippen molar-refractivity contribution in [3.8, 4) is 0 Å². The predicted octanol–water partition coefficient (Wildman–Crippen LogP) is 2.54. The molecule has 2 aliphatic rings. The zero-order valence-corrected chi connectivity index (χ0v) is 12.6. The summed E-state index contributed by atoms with van der Waals surface area (Å²) in [6.45, 7) is 4.12. The Labute approximate surface area is 128 Å². The van der Waals surface area contributed by atoms with E-state index in [-0.39, 0.29) is 12.1 Å². The van der Waals surface area contributed by atoms with E-state index in [1.807, 2.05) is 0 Å². The van der Waals surface area contributed by atoms with Crippen LogP contribution in [0.3, 0.4) is 0 Å². The molecule has 122 valence electrons. The van der Waals surface area contributed by atoms with E-state index in [2.05, 4.69) is 5.32 Å². The zero-order chi connectivity index (χ0) is 15.6. The number of benzene rings is 1. The molecule has 4 nitrogen and oxygen atoms in total. The molecule has 1 spiro atoms. The highest BCUT2D eigenvalue weighted by Gasteiger charge is 2.42. The second-order valence-corrected chi connectivity index (χ2v) is 5.87. The summed E-state index contributed by atoms with van der Waals surface area (Å²) in [6, 6.07) is 3.19. The minimum absolute atomic E-state index is 0.0860. The Hall–Kier alpha value is -1.08. The van der Waals surface area contributed by atoms with Crippen LogP contribution in [0.25, 0.3) is 0 Å². The molecule has 0 aromatic heterocycles. The molecule has 22 heavy (non-hydrogen) atoms. The van der Waals surface area contributed by atoms with Gasteiger partial charge in [0.15, 0.2) is 5.79 Å². The average molecular weight is 313 g/mol. The molecule has 0 saturated carbocycles. The fourth-order valence-electron chi connectivity index (χ4n) is 2.93. The monoisotopic (exact) mass is 313 g/mol. The summed E-state index contributed by atoms with van der Waals surface area (Å²) in [5.74, 6) is -1.37. The number of nitrogens with one attached hydrogen (secondary N) is 1. The Morgan fingerprint density at radius 3 is 2.86 bits per heavy atom. The molecule has 0 amide bonds. The molecule has 3 rings (SSSR count). The summed E-state index contributed by atoms with van der Waals surface area (Å²) in [5.41, 5.74) is 0.319. The van der Waals surface area contributed by atoms with Gasteiger partial charge in [-0.05, 0) is 25.1 Å². The van der Waals surface area contributed by atoms with E-state index < -0.39 is 17.4 Å². The maximum atomic E-state index is 13.7. The molecule has 1 N–H and O–H groups in total. The number of hydrogen-bond donors (Lipinski definition) is 1. The van der Waals surface area contributed by atoms with Crippen LogP contribution in [0, 0.1) is 11.6 Å². The van der Waals surface area contributed by atoms with Crippen LogP contribution in [-0.4, -0.2) is 38.3 Å². The van der Waals surface area contributed by atoms with Crippen LogP contribution in [0.2, 0.25) is 0 Å². The van der Waals surface area contributed by atoms with E-state index in [0.717, 1.165) is 25.0 Å². The second-order valence-electron chi connectivity index (χ2n) is 5.87. The molecule has 6 heteroatoms. The first kappa shape index (κ1) is 15.8. The summed E-state index contributed by atoms with van der Waals surface area (Å²) >= 11 is 0. The molecule has 1 aromatic carbocycles. The summed E-state index contributed by atoms with van der Waals surface area (Å²) in [5, 5.41) is 3.19. The summed E-state index contributed by atoms with van der Waals surface area (Å²) < 4.78 is 44.1. The van der Waals surface area contributed by atoms with Gasteiger partial charge in [0.1, 0.15) is 11.6 Å². The molecule has 2 atom stereocenters. The minimum atomic E-state index is -0.516. The molecule has 0 aliphatic carbocycles. The molecule has 2 saturated heterocycles. The summed E-state index contributed by atoms with van der Waals surface area (Å²) in [6.07, 6.45) is 1.38. The van der Waals surface area contributed by atoms with E-state index in [4.69, 9.17) is 14.2 Å². The lowest BCUT2D eigenvalue weighted by Gasteiger charge is -2.31. The Bertz CT molecular complexity index is 520. The van der Waals surface area contributed by atoms with Gasteiger partial charge in [0.25, 0.3) is 0 Å². The zero-order valence-electron chi connectivity index (χ0n) is 12.6. The van der Waals surface area contributed by atoms with Gasteiger partial charge in [-0.2, -0.15) is 0 Å². The van der Waals surface area contributed by atoms with Crippen LogP contribution < -0.4 is 5.32 Å². The third-order valence-corrected chi connectivity index (χ3v) is 4.24. The van der Waals surface area contributed by atoms with E-state index in [1.165, 1.54) is 6.07 Å². The fourth-order valence-corrected chi connectivity index (χ4v) is 2.93. The van der Waals surface area contributed by atoms with Gasteiger partial charge < -0.3 is 19.5 Å². The summed E-state index contributed by atoms with van der Waals surface area (Å²) in [7, 11) is 0. The van der Waals surface area contributed by atoms with Gasteiger partial charge in [-0.1, -0.05) is 0 Å². The largest absolute Gasteiger partial charge is 0.381 e. The standard InChI is InChI=1S/C16H21F2NO3/c1-11(14-8-12(17)2-3-15(14)18)19-9-13-10-21-16(22-13)4-6-20-7-5-16/h2-3,8,11,13,19H,4-7,9-10H2,1H3/t11-,13-/m1/s1. The second kappa shape index (κ2) is 6.58. The Balaban J connectivity index is 1.53. The van der Waals surface area contributed by atoms with E-state index in [9.17, 15) is 8.78 Å². The van der Waals surface area contributed by atoms with Crippen molar-refractivity contribution in [2.75, 3.05) is 26.4 Å². The first-order chi connectivity index (χ1) is 10.6. The lowest BCUT2D eigenvalue weighted by molar-refractivity contribution is -0.210. The van der Waals surface area contributed by atoms with Gasteiger partial charge in [0, 0.05) is 31.0 Å². The third-order valence-electron chi connectivity index (χ3n) is 4.24. The van der Waals surface area contributed by atoms with Crippen molar-refractivity contribution in [1.29, 1.82) is 0 Å². The average Bonchev–Trinajstić information content (AvgIpc) is 2.91. The molecular formula is C16H21F2NO3. The highest BCUT2D eigenvalue weighted by Crippen LogP contribution is 2.33. The number of rotatable bonds is 4. The van der Waals surface area contributed by atoms with Crippen LogP contribution >= 0.6 is 0 Å². The smallest absolute Gasteiger partial charge is 0.173 e. The van der Waals surface area contributed by atoms with Crippen LogP contribution in [0.1, 0.15) is 31.4 Å². The SMILES string of the molecule is C[C@@H](NC[C@@H]1COC2(CCOCC2)O1)c1cc(F)ccc1F. The maximum absolute atomic E-state index is 13.7. The molecule has 0 bridgehead atoms. The van der Waals surface area contributed by atoms with Gasteiger partial charge in [-0.25, -0.2) is 8.78 Å². The van der Waals surface area contributed by atoms with Gasteiger partial charge >= 0.3 is 0 Å². The van der Waals surface area contributed by atoms with E-state index in [1.54, 1.807) is 6.92 Å². The molecule has 2 aliphatic heterocycles. The Kier molecular flexibility index (Phi) is 4.73. The fraction of sp³-hybridized carbons (Fsp3) is 0.625. The van der Waals surface area contributed by atoms with Crippen molar-refractivity contribution in [3.05, 3.63) is 35.4 Å². The number of halogens is 2. The van der Waals surface area contributed by atoms with Gasteiger partial charge in [-0.3, -0.25) is 0 Å². The van der Waals surface area contributed by atoms with Crippen LogP contribution in [0.5, 0.6) is 0 Å². The third kappa shape index (κ3) is 3.46. The molecule has 1 aromatic rings. The van der Waals surface area contributed by atoms with E-state index >= 15 is 0 Å². The Morgan fingerprint density at radius 2 is 2.09 bits per heavy atom. The van der Waals surface area contributed by atoms with Gasteiger partial charge in [-0.15, -0.1) is 0 Å². The number of ether oxygens (including phenoxy) is 3. The van der Waals surface area contributed by atoms with Crippen LogP contribution in [0.15, 0.2) is 18.2 Å². The van der Waals surface area contributed by atoms with E-state index in [0.29, 0.717) is 31.9 Å². The van der Waals surface area contributed by atoms with Crippen molar-refractivity contribution in [2.24, 2.45) is 0 Å².